The Morgan fingerprint density at radius 1 is 0.821 bits per heavy atom. The van der Waals surface area contributed by atoms with Crippen LogP contribution in [0.15, 0.2) is 78.9 Å². The molecule has 3 rings (SSSR count). The molecule has 142 valence electrons. The van der Waals surface area contributed by atoms with Crippen LogP contribution in [0.5, 0.6) is 0 Å². The Balaban J connectivity index is 1.76. The van der Waals surface area contributed by atoms with Gasteiger partial charge in [0, 0.05) is 5.56 Å². The van der Waals surface area contributed by atoms with E-state index >= 15 is 0 Å². The zero-order valence-electron chi connectivity index (χ0n) is 14.9. The number of nitrogens with one attached hydrogen (secondary N) is 2. The summed E-state index contributed by atoms with van der Waals surface area (Å²) in [7, 11) is 0. The van der Waals surface area contributed by atoms with Crippen LogP contribution >= 0.6 is 23.2 Å². The van der Waals surface area contributed by atoms with Gasteiger partial charge in [-0.3, -0.25) is 9.59 Å². The van der Waals surface area contributed by atoms with Crippen molar-refractivity contribution in [1.29, 1.82) is 0 Å². The van der Waals surface area contributed by atoms with Gasteiger partial charge in [0.15, 0.2) is 0 Å². The Hall–Kier alpha value is -2.82. The zero-order chi connectivity index (χ0) is 19.9. The zero-order valence-corrected chi connectivity index (χ0v) is 16.4. The van der Waals surface area contributed by atoms with Crippen molar-refractivity contribution in [2.75, 3.05) is 5.32 Å². The molecule has 0 saturated carbocycles. The molecule has 3 aromatic rings. The maximum atomic E-state index is 12.6. The summed E-state index contributed by atoms with van der Waals surface area (Å²) in [6.07, 6.45) is 0.0471. The molecule has 0 saturated heterocycles. The molecule has 3 aromatic carbocycles. The highest BCUT2D eigenvalue weighted by molar-refractivity contribution is 6.43. The highest BCUT2D eigenvalue weighted by atomic mass is 35.5. The first-order valence-electron chi connectivity index (χ1n) is 8.69. The fourth-order valence-corrected chi connectivity index (χ4v) is 3.10. The molecule has 28 heavy (non-hydrogen) atoms. The standard InChI is InChI=1S/C22H18Cl2N2O2/c23-17-12-7-13-18(21(17)24)25-20(27)14-19(15-8-3-1-4-9-15)26-22(28)16-10-5-2-6-11-16/h1-13,19H,14H2,(H,25,27)(H,26,28)/t19-/m0/s1. The van der Waals surface area contributed by atoms with E-state index in [-0.39, 0.29) is 23.3 Å². The minimum Gasteiger partial charge on any atom is -0.345 e. The fourth-order valence-electron chi connectivity index (χ4n) is 2.76. The van der Waals surface area contributed by atoms with E-state index in [0.29, 0.717) is 16.3 Å². The van der Waals surface area contributed by atoms with Crippen molar-refractivity contribution in [3.8, 4) is 0 Å². The van der Waals surface area contributed by atoms with Crippen molar-refractivity contribution < 1.29 is 9.59 Å². The van der Waals surface area contributed by atoms with Crippen molar-refractivity contribution in [2.24, 2.45) is 0 Å². The van der Waals surface area contributed by atoms with E-state index < -0.39 is 6.04 Å². The van der Waals surface area contributed by atoms with Crippen LogP contribution in [-0.2, 0) is 4.79 Å². The largest absolute Gasteiger partial charge is 0.345 e. The third-order valence-electron chi connectivity index (χ3n) is 4.16. The predicted octanol–water partition coefficient (Wildman–Crippen LogP) is 5.49. The van der Waals surface area contributed by atoms with Gasteiger partial charge in [-0.2, -0.15) is 0 Å². The van der Waals surface area contributed by atoms with Gasteiger partial charge in [-0.05, 0) is 29.8 Å². The second-order valence-electron chi connectivity index (χ2n) is 6.16. The van der Waals surface area contributed by atoms with Gasteiger partial charge in [0.2, 0.25) is 5.91 Å². The highest BCUT2D eigenvalue weighted by Gasteiger charge is 2.20. The lowest BCUT2D eigenvalue weighted by atomic mass is 10.0. The number of rotatable bonds is 6. The summed E-state index contributed by atoms with van der Waals surface area (Å²) >= 11 is 12.1. The second-order valence-corrected chi connectivity index (χ2v) is 6.94. The SMILES string of the molecule is O=C(C[C@H](NC(=O)c1ccccc1)c1ccccc1)Nc1cccc(Cl)c1Cl. The molecule has 0 aromatic heterocycles. The molecular weight excluding hydrogens is 395 g/mol. The molecule has 1 atom stereocenters. The Morgan fingerprint density at radius 3 is 2.14 bits per heavy atom. The predicted molar refractivity (Wildman–Crippen MR) is 113 cm³/mol. The lowest BCUT2D eigenvalue weighted by Gasteiger charge is -2.19. The van der Waals surface area contributed by atoms with Crippen LogP contribution in [-0.4, -0.2) is 11.8 Å². The number of carbonyl (C=O) groups is 2. The summed E-state index contributed by atoms with van der Waals surface area (Å²) in [4.78, 5) is 25.2. The van der Waals surface area contributed by atoms with E-state index in [1.165, 1.54) is 0 Å². The van der Waals surface area contributed by atoms with Crippen LogP contribution in [0.4, 0.5) is 5.69 Å². The number of carbonyl (C=O) groups excluding carboxylic acids is 2. The first-order chi connectivity index (χ1) is 13.5. The van der Waals surface area contributed by atoms with Crippen molar-refractivity contribution >= 4 is 40.7 Å². The van der Waals surface area contributed by atoms with Gasteiger partial charge in [0.05, 0.1) is 28.2 Å². The molecule has 0 aliphatic heterocycles. The maximum Gasteiger partial charge on any atom is 0.251 e. The average Bonchev–Trinajstić information content (AvgIpc) is 2.72. The van der Waals surface area contributed by atoms with Crippen LogP contribution in [0, 0.1) is 0 Å². The van der Waals surface area contributed by atoms with Crippen molar-refractivity contribution in [1.82, 2.24) is 5.32 Å². The third kappa shape index (κ3) is 5.12. The highest BCUT2D eigenvalue weighted by Crippen LogP contribution is 2.30. The number of amides is 2. The van der Waals surface area contributed by atoms with Crippen LogP contribution in [0.2, 0.25) is 10.0 Å². The monoisotopic (exact) mass is 412 g/mol. The molecule has 0 aliphatic rings. The van der Waals surface area contributed by atoms with Gasteiger partial charge in [-0.25, -0.2) is 0 Å². The van der Waals surface area contributed by atoms with Crippen LogP contribution in [0.25, 0.3) is 0 Å². The molecule has 2 N–H and O–H groups in total. The molecular formula is C22H18Cl2N2O2. The molecule has 0 bridgehead atoms. The Kier molecular flexibility index (Phi) is 6.69. The summed E-state index contributed by atoms with van der Waals surface area (Å²) in [6.45, 7) is 0. The minimum absolute atomic E-state index is 0.0471. The van der Waals surface area contributed by atoms with E-state index in [1.807, 2.05) is 36.4 Å². The Bertz CT molecular complexity index is 963. The molecule has 0 radical (unpaired) electrons. The lowest BCUT2D eigenvalue weighted by Crippen LogP contribution is -2.31. The summed E-state index contributed by atoms with van der Waals surface area (Å²) in [5, 5.41) is 6.33. The first-order valence-corrected chi connectivity index (χ1v) is 9.45. The summed E-state index contributed by atoms with van der Waals surface area (Å²) in [5.41, 5.74) is 1.79. The van der Waals surface area contributed by atoms with Crippen LogP contribution in [0.1, 0.15) is 28.4 Å². The Morgan fingerprint density at radius 2 is 1.46 bits per heavy atom. The number of benzene rings is 3. The number of hydrogen-bond acceptors (Lipinski definition) is 2. The van der Waals surface area contributed by atoms with Crippen LogP contribution in [0.3, 0.4) is 0 Å². The second kappa shape index (κ2) is 9.40. The van der Waals surface area contributed by atoms with E-state index in [4.69, 9.17) is 23.2 Å². The summed E-state index contributed by atoms with van der Waals surface area (Å²) in [6, 6.07) is 22.8. The number of anilines is 1. The topological polar surface area (TPSA) is 58.2 Å². The van der Waals surface area contributed by atoms with Crippen molar-refractivity contribution in [3.05, 3.63) is 100 Å². The molecule has 6 heteroatoms. The Labute approximate surface area is 173 Å². The van der Waals surface area contributed by atoms with Crippen molar-refractivity contribution in [3.63, 3.8) is 0 Å². The van der Waals surface area contributed by atoms with Gasteiger partial charge in [0.25, 0.3) is 5.91 Å². The summed E-state index contributed by atoms with van der Waals surface area (Å²) < 4.78 is 0. The van der Waals surface area contributed by atoms with E-state index in [2.05, 4.69) is 10.6 Å². The lowest BCUT2D eigenvalue weighted by molar-refractivity contribution is -0.116. The minimum atomic E-state index is -0.494. The van der Waals surface area contributed by atoms with E-state index in [9.17, 15) is 9.59 Å². The van der Waals surface area contributed by atoms with E-state index in [0.717, 1.165) is 5.56 Å². The van der Waals surface area contributed by atoms with Gasteiger partial charge in [-0.15, -0.1) is 0 Å². The number of hydrogen-bond donors (Lipinski definition) is 2. The molecule has 0 spiro atoms. The van der Waals surface area contributed by atoms with Crippen LogP contribution < -0.4 is 10.6 Å². The normalized spacial score (nSPS) is 11.5. The summed E-state index contributed by atoms with van der Waals surface area (Å²) in [5.74, 6) is -0.533. The molecule has 0 aliphatic carbocycles. The average molecular weight is 413 g/mol. The van der Waals surface area contributed by atoms with Gasteiger partial charge in [-0.1, -0.05) is 77.8 Å². The number of halogens is 2. The maximum absolute atomic E-state index is 12.6. The van der Waals surface area contributed by atoms with Crippen molar-refractivity contribution in [2.45, 2.75) is 12.5 Å². The van der Waals surface area contributed by atoms with Gasteiger partial charge < -0.3 is 10.6 Å². The molecule has 4 nitrogen and oxygen atoms in total. The third-order valence-corrected chi connectivity index (χ3v) is 4.98. The molecule has 0 fully saturated rings. The molecule has 2 amide bonds. The first kappa shape index (κ1) is 19.9. The fraction of sp³-hybridized carbons (Fsp3) is 0.0909. The van der Waals surface area contributed by atoms with Gasteiger partial charge >= 0.3 is 0 Å². The van der Waals surface area contributed by atoms with Gasteiger partial charge in [0.1, 0.15) is 0 Å². The van der Waals surface area contributed by atoms with E-state index in [1.54, 1.807) is 42.5 Å². The quantitative estimate of drug-likeness (QED) is 0.561. The molecule has 0 unspecified atom stereocenters. The smallest absolute Gasteiger partial charge is 0.251 e. The molecule has 0 heterocycles.